The van der Waals surface area contributed by atoms with Crippen LogP contribution in [0.3, 0.4) is 0 Å². The van der Waals surface area contributed by atoms with E-state index in [1.165, 1.54) is 0 Å². The molecule has 0 radical (unpaired) electrons. The van der Waals surface area contributed by atoms with Crippen molar-refractivity contribution in [1.82, 2.24) is 0 Å². The Bertz CT molecular complexity index is 1140. The first-order chi connectivity index (χ1) is 14.9. The Morgan fingerprint density at radius 1 is 1.03 bits per heavy atom. The van der Waals surface area contributed by atoms with E-state index in [2.05, 4.69) is 15.5 Å². The fraction of sp³-hybridized carbons (Fsp3) is 0.304. The average Bonchev–Trinajstić information content (AvgIpc) is 3.37. The molecular formula is C23H21N3O5. The second kappa shape index (κ2) is 7.23. The van der Waals surface area contributed by atoms with Crippen LogP contribution in [0.2, 0.25) is 0 Å². The van der Waals surface area contributed by atoms with Crippen LogP contribution in [0.15, 0.2) is 36.4 Å². The number of carbonyl (C=O) groups is 4. The summed E-state index contributed by atoms with van der Waals surface area (Å²) in [4.78, 5) is 51.1. The van der Waals surface area contributed by atoms with Gasteiger partial charge in [0.15, 0.2) is 12.4 Å². The predicted octanol–water partition coefficient (Wildman–Crippen LogP) is 2.70. The van der Waals surface area contributed by atoms with Gasteiger partial charge in [-0.2, -0.15) is 0 Å². The van der Waals surface area contributed by atoms with E-state index in [1.807, 2.05) is 0 Å². The number of rotatable bonds is 4. The van der Waals surface area contributed by atoms with Crippen molar-refractivity contribution in [2.75, 3.05) is 28.7 Å². The summed E-state index contributed by atoms with van der Waals surface area (Å²) in [6, 6.07) is 9.84. The summed E-state index contributed by atoms with van der Waals surface area (Å²) < 4.78 is 5.22. The van der Waals surface area contributed by atoms with E-state index in [0.717, 1.165) is 30.6 Å². The number of hydrogen-bond donors (Lipinski definition) is 2. The lowest BCUT2D eigenvalue weighted by atomic mass is 9.99. The molecule has 8 heteroatoms. The van der Waals surface area contributed by atoms with Gasteiger partial charge >= 0.3 is 5.97 Å². The van der Waals surface area contributed by atoms with Crippen molar-refractivity contribution in [2.24, 2.45) is 0 Å². The number of nitrogens with zero attached hydrogens (tertiary/aromatic N) is 1. The van der Waals surface area contributed by atoms with E-state index < -0.39 is 12.6 Å². The number of anilines is 3. The first-order valence-electron chi connectivity index (χ1n) is 10.3. The maximum atomic E-state index is 12.5. The number of esters is 1. The Kier molecular flexibility index (Phi) is 4.50. The van der Waals surface area contributed by atoms with E-state index in [-0.39, 0.29) is 35.1 Å². The minimum atomic E-state index is -0.639. The Morgan fingerprint density at radius 3 is 2.65 bits per heavy atom. The van der Waals surface area contributed by atoms with Gasteiger partial charge in [-0.05, 0) is 61.7 Å². The third-order valence-electron chi connectivity index (χ3n) is 6.18. The summed E-state index contributed by atoms with van der Waals surface area (Å²) in [6.45, 7) is 2.17. The van der Waals surface area contributed by atoms with Crippen LogP contribution in [-0.4, -0.2) is 42.8 Å². The molecule has 1 fully saturated rings. The van der Waals surface area contributed by atoms with Crippen molar-refractivity contribution < 1.29 is 23.9 Å². The van der Waals surface area contributed by atoms with Gasteiger partial charge in [0.05, 0.1) is 22.9 Å². The molecule has 2 aromatic carbocycles. The highest BCUT2D eigenvalue weighted by atomic mass is 16.5. The molecule has 2 atom stereocenters. The van der Waals surface area contributed by atoms with Crippen molar-refractivity contribution in [3.8, 4) is 0 Å². The highest BCUT2D eigenvalue weighted by Gasteiger charge is 2.36. The van der Waals surface area contributed by atoms with E-state index in [0.29, 0.717) is 16.9 Å². The first kappa shape index (κ1) is 19.3. The lowest BCUT2D eigenvalue weighted by molar-refractivity contribution is -0.117. The van der Waals surface area contributed by atoms with Crippen LogP contribution in [0.25, 0.3) is 0 Å². The van der Waals surface area contributed by atoms with Gasteiger partial charge in [0.25, 0.3) is 0 Å². The van der Waals surface area contributed by atoms with E-state index in [4.69, 9.17) is 4.74 Å². The van der Waals surface area contributed by atoms with Crippen LogP contribution in [0.5, 0.6) is 0 Å². The molecule has 2 aromatic rings. The number of ether oxygens (including phenoxy) is 1. The minimum absolute atomic E-state index is 0.0653. The van der Waals surface area contributed by atoms with Gasteiger partial charge < -0.3 is 20.3 Å². The molecule has 0 aromatic heterocycles. The SMILES string of the molecule is C[C@@H]1C(=O)Nc2ccc(C(=O)COC(=O)c3ccc4c(c3)NC(=O)[C@@H]3CCCN43)cc21. The zero-order valence-corrected chi connectivity index (χ0v) is 16.9. The molecular weight excluding hydrogens is 398 g/mol. The number of carbonyl (C=O) groups excluding carboxylic acids is 4. The fourth-order valence-corrected chi connectivity index (χ4v) is 4.45. The second-order valence-corrected chi connectivity index (χ2v) is 8.08. The molecule has 0 aliphatic carbocycles. The van der Waals surface area contributed by atoms with E-state index >= 15 is 0 Å². The predicted molar refractivity (Wildman–Crippen MR) is 114 cm³/mol. The van der Waals surface area contributed by atoms with Gasteiger partial charge in [0.2, 0.25) is 11.8 Å². The molecule has 2 amide bonds. The number of fused-ring (bicyclic) bond motifs is 4. The van der Waals surface area contributed by atoms with Crippen LogP contribution >= 0.6 is 0 Å². The molecule has 0 saturated carbocycles. The van der Waals surface area contributed by atoms with Gasteiger partial charge in [0, 0.05) is 17.8 Å². The molecule has 1 saturated heterocycles. The van der Waals surface area contributed by atoms with E-state index in [1.54, 1.807) is 43.3 Å². The van der Waals surface area contributed by atoms with E-state index in [9.17, 15) is 19.2 Å². The Balaban J connectivity index is 1.27. The van der Waals surface area contributed by atoms with Crippen molar-refractivity contribution in [2.45, 2.75) is 31.7 Å². The van der Waals surface area contributed by atoms with Gasteiger partial charge in [-0.3, -0.25) is 14.4 Å². The monoisotopic (exact) mass is 419 g/mol. The number of Topliss-reactive ketones (excluding diaryl/α,β-unsaturated/α-hetero) is 1. The summed E-state index contributed by atoms with van der Waals surface area (Å²) in [7, 11) is 0. The second-order valence-electron chi connectivity index (χ2n) is 8.08. The number of hydrogen-bond acceptors (Lipinski definition) is 6. The largest absolute Gasteiger partial charge is 0.454 e. The molecule has 3 aliphatic heterocycles. The Hall–Kier alpha value is -3.68. The third-order valence-corrected chi connectivity index (χ3v) is 6.18. The molecule has 0 bridgehead atoms. The van der Waals surface area contributed by atoms with Crippen LogP contribution in [-0.2, 0) is 14.3 Å². The molecule has 8 nitrogen and oxygen atoms in total. The minimum Gasteiger partial charge on any atom is -0.454 e. The lowest BCUT2D eigenvalue weighted by Crippen LogP contribution is -2.43. The smallest absolute Gasteiger partial charge is 0.338 e. The summed E-state index contributed by atoms with van der Waals surface area (Å²) in [5.41, 5.74) is 3.57. The summed E-state index contributed by atoms with van der Waals surface area (Å²) in [5, 5.41) is 5.62. The van der Waals surface area contributed by atoms with Crippen molar-refractivity contribution in [1.29, 1.82) is 0 Å². The van der Waals surface area contributed by atoms with Crippen molar-refractivity contribution >= 4 is 40.6 Å². The normalized spacial score (nSPS) is 21.0. The van der Waals surface area contributed by atoms with Gasteiger partial charge in [-0.15, -0.1) is 0 Å². The number of ketones is 1. The maximum absolute atomic E-state index is 12.5. The summed E-state index contributed by atoms with van der Waals surface area (Å²) >= 11 is 0. The lowest BCUT2D eigenvalue weighted by Gasteiger charge is -2.33. The zero-order chi connectivity index (χ0) is 21.7. The van der Waals surface area contributed by atoms with Gasteiger partial charge in [0.1, 0.15) is 6.04 Å². The van der Waals surface area contributed by atoms with Crippen LogP contribution in [0.4, 0.5) is 17.1 Å². The highest BCUT2D eigenvalue weighted by Crippen LogP contribution is 2.37. The number of nitrogens with one attached hydrogen (secondary N) is 2. The summed E-state index contributed by atoms with van der Waals surface area (Å²) in [5.74, 6) is -1.49. The van der Waals surface area contributed by atoms with Crippen LogP contribution in [0.1, 0.15) is 52.0 Å². The molecule has 5 rings (SSSR count). The van der Waals surface area contributed by atoms with Gasteiger partial charge in [-0.1, -0.05) is 0 Å². The Morgan fingerprint density at radius 2 is 1.81 bits per heavy atom. The number of amides is 2. The topological polar surface area (TPSA) is 105 Å². The molecule has 3 heterocycles. The number of benzene rings is 2. The molecule has 0 unspecified atom stereocenters. The zero-order valence-electron chi connectivity index (χ0n) is 16.9. The Labute approximate surface area is 178 Å². The quantitative estimate of drug-likeness (QED) is 0.583. The fourth-order valence-electron chi connectivity index (χ4n) is 4.45. The molecule has 0 spiro atoms. The average molecular weight is 419 g/mol. The first-order valence-corrected chi connectivity index (χ1v) is 10.3. The molecule has 158 valence electrons. The maximum Gasteiger partial charge on any atom is 0.338 e. The van der Waals surface area contributed by atoms with Crippen LogP contribution < -0.4 is 15.5 Å². The highest BCUT2D eigenvalue weighted by molar-refractivity contribution is 6.07. The molecule has 31 heavy (non-hydrogen) atoms. The van der Waals surface area contributed by atoms with Crippen molar-refractivity contribution in [3.63, 3.8) is 0 Å². The standard InChI is InChI=1S/C23H21N3O5/c1-12-15-9-13(4-6-16(15)24-21(12)28)20(27)11-31-23(30)14-5-7-18-17(10-14)25-22(29)19-3-2-8-26(18)19/h4-7,9-10,12,19H,2-3,8,11H2,1H3,(H,24,28)(H,25,29)/t12-,19-/m0/s1. The van der Waals surface area contributed by atoms with Gasteiger partial charge in [-0.25, -0.2) is 4.79 Å². The summed E-state index contributed by atoms with van der Waals surface area (Å²) in [6.07, 6.45) is 1.78. The molecule has 3 aliphatic rings. The van der Waals surface area contributed by atoms with Crippen molar-refractivity contribution in [3.05, 3.63) is 53.1 Å². The molecule has 2 N–H and O–H groups in total. The third kappa shape index (κ3) is 3.24. The van der Waals surface area contributed by atoms with Crippen LogP contribution in [0, 0.1) is 0 Å².